The van der Waals surface area contributed by atoms with Gasteiger partial charge in [0, 0.05) is 18.2 Å². The van der Waals surface area contributed by atoms with Crippen LogP contribution in [-0.4, -0.2) is 12.5 Å². The maximum atomic E-state index is 11.9. The summed E-state index contributed by atoms with van der Waals surface area (Å²) < 4.78 is 0. The van der Waals surface area contributed by atoms with Gasteiger partial charge in [0.1, 0.15) is 0 Å². The molecule has 0 bridgehead atoms. The zero-order valence-corrected chi connectivity index (χ0v) is 13.4. The third-order valence-electron chi connectivity index (χ3n) is 3.09. The van der Waals surface area contributed by atoms with E-state index in [9.17, 15) is 4.79 Å². The summed E-state index contributed by atoms with van der Waals surface area (Å²) >= 11 is 0. The van der Waals surface area contributed by atoms with Crippen LogP contribution in [0.5, 0.6) is 0 Å². The first-order valence-electron chi connectivity index (χ1n) is 7.45. The van der Waals surface area contributed by atoms with Crippen molar-refractivity contribution in [2.45, 2.75) is 53.5 Å². The topological polar surface area (TPSA) is 41.1 Å². The fourth-order valence-corrected chi connectivity index (χ4v) is 2.02. The van der Waals surface area contributed by atoms with Gasteiger partial charge in [0.25, 0.3) is 0 Å². The monoisotopic (exact) mass is 276 g/mol. The van der Waals surface area contributed by atoms with Crippen LogP contribution in [0.2, 0.25) is 0 Å². The highest BCUT2D eigenvalue weighted by atomic mass is 16.1. The second-order valence-corrected chi connectivity index (χ2v) is 6.58. The average Bonchev–Trinajstić information content (AvgIpc) is 2.34. The minimum atomic E-state index is 0.0165. The Morgan fingerprint density at radius 3 is 2.30 bits per heavy atom. The highest BCUT2D eigenvalue weighted by molar-refractivity contribution is 5.91. The molecule has 0 heterocycles. The second-order valence-electron chi connectivity index (χ2n) is 6.58. The molecule has 3 heteroatoms. The van der Waals surface area contributed by atoms with Gasteiger partial charge in [-0.15, -0.1) is 0 Å². The molecule has 1 amide bonds. The molecule has 1 atom stereocenters. The molecule has 20 heavy (non-hydrogen) atoms. The summed E-state index contributed by atoms with van der Waals surface area (Å²) in [7, 11) is 0. The van der Waals surface area contributed by atoms with Crippen molar-refractivity contribution in [3.63, 3.8) is 0 Å². The Morgan fingerprint density at radius 2 is 1.80 bits per heavy atom. The van der Waals surface area contributed by atoms with Crippen molar-refractivity contribution in [1.29, 1.82) is 0 Å². The van der Waals surface area contributed by atoms with Crippen molar-refractivity contribution in [3.8, 4) is 0 Å². The van der Waals surface area contributed by atoms with E-state index in [0.717, 1.165) is 18.7 Å². The summed E-state index contributed by atoms with van der Waals surface area (Å²) in [5.41, 5.74) is 2.13. The molecule has 0 radical (unpaired) electrons. The van der Waals surface area contributed by atoms with Gasteiger partial charge in [-0.25, -0.2) is 0 Å². The average molecular weight is 276 g/mol. The zero-order valence-electron chi connectivity index (χ0n) is 13.4. The largest absolute Gasteiger partial charge is 0.326 e. The smallest absolute Gasteiger partial charge is 0.224 e. The van der Waals surface area contributed by atoms with E-state index in [-0.39, 0.29) is 11.3 Å². The number of nitrogens with one attached hydrogen (secondary N) is 2. The van der Waals surface area contributed by atoms with E-state index in [2.05, 4.69) is 57.4 Å². The van der Waals surface area contributed by atoms with E-state index in [0.29, 0.717) is 12.5 Å². The molecule has 1 rings (SSSR count). The van der Waals surface area contributed by atoms with Gasteiger partial charge in [0.2, 0.25) is 5.91 Å². The molecule has 0 aromatic heterocycles. The Balaban J connectivity index is 2.56. The lowest BCUT2D eigenvalue weighted by molar-refractivity contribution is -0.117. The van der Waals surface area contributed by atoms with Gasteiger partial charge < -0.3 is 10.6 Å². The van der Waals surface area contributed by atoms with Gasteiger partial charge in [-0.1, -0.05) is 39.8 Å². The first-order valence-corrected chi connectivity index (χ1v) is 7.45. The molecule has 0 saturated carbocycles. The fourth-order valence-electron chi connectivity index (χ4n) is 2.02. The van der Waals surface area contributed by atoms with Crippen molar-refractivity contribution < 1.29 is 4.79 Å². The van der Waals surface area contributed by atoms with E-state index >= 15 is 0 Å². The van der Waals surface area contributed by atoms with E-state index in [1.54, 1.807) is 0 Å². The fraction of sp³-hybridized carbons (Fsp3) is 0.588. The number of benzene rings is 1. The van der Waals surface area contributed by atoms with Crippen LogP contribution in [0.25, 0.3) is 0 Å². The van der Waals surface area contributed by atoms with Gasteiger partial charge in [-0.2, -0.15) is 0 Å². The van der Waals surface area contributed by atoms with E-state index < -0.39 is 0 Å². The number of carbonyl (C=O) groups is 1. The highest BCUT2D eigenvalue weighted by Crippen LogP contribution is 2.20. The van der Waals surface area contributed by atoms with Gasteiger partial charge in [-0.3, -0.25) is 4.79 Å². The molecule has 3 nitrogen and oxygen atoms in total. The molecule has 1 unspecified atom stereocenters. The molecular weight excluding hydrogens is 248 g/mol. The maximum Gasteiger partial charge on any atom is 0.224 e. The van der Waals surface area contributed by atoms with Crippen LogP contribution in [-0.2, 0) is 4.79 Å². The molecule has 0 saturated heterocycles. The minimum absolute atomic E-state index is 0.0165. The van der Waals surface area contributed by atoms with E-state index in [4.69, 9.17) is 0 Å². The van der Waals surface area contributed by atoms with Crippen molar-refractivity contribution in [1.82, 2.24) is 5.32 Å². The molecule has 0 fully saturated rings. The quantitative estimate of drug-likeness (QED) is 0.820. The van der Waals surface area contributed by atoms with Crippen molar-refractivity contribution in [2.75, 3.05) is 11.9 Å². The summed E-state index contributed by atoms with van der Waals surface area (Å²) in [5, 5.41) is 6.40. The molecule has 0 spiro atoms. The Labute approximate surface area is 123 Å². The molecule has 0 aliphatic heterocycles. The molecule has 1 aromatic rings. The van der Waals surface area contributed by atoms with Crippen molar-refractivity contribution in [3.05, 3.63) is 29.8 Å². The van der Waals surface area contributed by atoms with Gasteiger partial charge in [-0.05, 0) is 43.0 Å². The number of hydrogen-bond donors (Lipinski definition) is 2. The van der Waals surface area contributed by atoms with Crippen LogP contribution in [0, 0.1) is 5.41 Å². The summed E-state index contributed by atoms with van der Waals surface area (Å²) in [6.07, 6.45) is 1.66. The maximum absolute atomic E-state index is 11.9. The lowest BCUT2D eigenvalue weighted by Gasteiger charge is -2.18. The number of hydrogen-bond acceptors (Lipinski definition) is 2. The van der Waals surface area contributed by atoms with Crippen LogP contribution in [0.4, 0.5) is 5.69 Å². The first-order chi connectivity index (χ1) is 9.31. The number of amides is 1. The summed E-state index contributed by atoms with van der Waals surface area (Å²) in [6.45, 7) is 11.5. The van der Waals surface area contributed by atoms with Crippen LogP contribution in [0.15, 0.2) is 24.3 Å². The van der Waals surface area contributed by atoms with Crippen LogP contribution < -0.4 is 10.6 Å². The normalized spacial score (nSPS) is 13.1. The minimum Gasteiger partial charge on any atom is -0.326 e. The summed E-state index contributed by atoms with van der Waals surface area (Å²) in [5.74, 6) is 0.0717. The second kappa shape index (κ2) is 7.44. The third kappa shape index (κ3) is 6.20. The zero-order chi connectivity index (χ0) is 15.2. The standard InChI is InChI=1S/C17H28N2O/c1-6-11-18-13(2)14-7-9-15(10-8-14)19-16(20)12-17(3,4)5/h7-10,13,18H,6,11-12H2,1-5H3,(H,19,20). The summed E-state index contributed by atoms with van der Waals surface area (Å²) in [6, 6.07) is 8.43. The number of anilines is 1. The predicted molar refractivity (Wildman–Crippen MR) is 85.9 cm³/mol. The molecule has 2 N–H and O–H groups in total. The Hall–Kier alpha value is -1.35. The lowest BCUT2D eigenvalue weighted by Crippen LogP contribution is -2.20. The van der Waals surface area contributed by atoms with Crippen LogP contribution in [0.3, 0.4) is 0 Å². The molecule has 1 aromatic carbocycles. The van der Waals surface area contributed by atoms with E-state index in [1.165, 1.54) is 5.56 Å². The summed E-state index contributed by atoms with van der Waals surface area (Å²) in [4.78, 5) is 11.9. The third-order valence-corrected chi connectivity index (χ3v) is 3.09. The van der Waals surface area contributed by atoms with Crippen molar-refractivity contribution in [2.24, 2.45) is 5.41 Å². The van der Waals surface area contributed by atoms with E-state index in [1.807, 2.05) is 12.1 Å². The number of rotatable bonds is 6. The molecule has 112 valence electrons. The van der Waals surface area contributed by atoms with Gasteiger partial charge >= 0.3 is 0 Å². The van der Waals surface area contributed by atoms with Crippen LogP contribution in [0.1, 0.15) is 59.1 Å². The number of carbonyl (C=O) groups excluding carboxylic acids is 1. The lowest BCUT2D eigenvalue weighted by atomic mass is 9.92. The molecular formula is C17H28N2O. The predicted octanol–water partition coefficient (Wildman–Crippen LogP) is 4.12. The van der Waals surface area contributed by atoms with Gasteiger partial charge in [0.05, 0.1) is 0 Å². The van der Waals surface area contributed by atoms with Crippen molar-refractivity contribution >= 4 is 11.6 Å². The molecule has 0 aliphatic carbocycles. The van der Waals surface area contributed by atoms with Gasteiger partial charge in [0.15, 0.2) is 0 Å². The Morgan fingerprint density at radius 1 is 1.20 bits per heavy atom. The Kier molecular flexibility index (Phi) is 6.21. The highest BCUT2D eigenvalue weighted by Gasteiger charge is 2.15. The van der Waals surface area contributed by atoms with Crippen LogP contribution >= 0.6 is 0 Å². The SMILES string of the molecule is CCCNC(C)c1ccc(NC(=O)CC(C)(C)C)cc1. The Bertz CT molecular complexity index is 418. The molecule has 0 aliphatic rings. The first kappa shape index (κ1) is 16.7.